The number of rotatable bonds is 7. The van der Waals surface area contributed by atoms with E-state index < -0.39 is 46.5 Å². The molecule has 12 nitrogen and oxygen atoms in total. The molecule has 2 fully saturated rings. The Hall–Kier alpha value is -5.67. The van der Waals surface area contributed by atoms with E-state index in [1.165, 1.54) is 24.4 Å². The molecule has 2 aromatic heterocycles. The second-order valence-corrected chi connectivity index (χ2v) is 17.0. The Kier molecular flexibility index (Phi) is 11.5. The zero-order valence-electron chi connectivity index (χ0n) is 33.8. The van der Waals surface area contributed by atoms with E-state index in [1.807, 2.05) is 44.4 Å². The summed E-state index contributed by atoms with van der Waals surface area (Å²) in [6.07, 6.45) is -2.04. The van der Waals surface area contributed by atoms with E-state index in [0.717, 1.165) is 6.07 Å². The average molecular weight is 808 g/mol. The van der Waals surface area contributed by atoms with E-state index >= 15 is 4.39 Å². The topological polar surface area (TPSA) is 133 Å². The van der Waals surface area contributed by atoms with Gasteiger partial charge in [-0.05, 0) is 75.4 Å². The third-order valence-corrected chi connectivity index (χ3v) is 9.97. The number of aromatic nitrogens is 3. The van der Waals surface area contributed by atoms with Crippen LogP contribution in [0.5, 0.6) is 5.75 Å². The Balaban J connectivity index is 1.17. The number of carbonyl (C=O) groups excluding carboxylic acids is 3. The number of alkyl halides is 3. The summed E-state index contributed by atoms with van der Waals surface area (Å²) in [7, 11) is 0. The lowest BCUT2D eigenvalue weighted by Crippen LogP contribution is -2.56. The van der Waals surface area contributed by atoms with Crippen LogP contribution in [0.25, 0.3) is 22.4 Å². The van der Waals surface area contributed by atoms with Crippen molar-refractivity contribution in [2.75, 3.05) is 36.4 Å². The molecule has 3 atom stereocenters. The summed E-state index contributed by atoms with van der Waals surface area (Å²) in [6, 6.07) is 11.4. The third-order valence-electron chi connectivity index (χ3n) is 9.97. The quantitative estimate of drug-likeness (QED) is 0.177. The Morgan fingerprint density at radius 3 is 2.16 bits per heavy atom. The zero-order valence-corrected chi connectivity index (χ0v) is 33.8. The van der Waals surface area contributed by atoms with Crippen LogP contribution in [0.4, 0.5) is 33.9 Å². The van der Waals surface area contributed by atoms with Gasteiger partial charge in [0.1, 0.15) is 17.2 Å². The van der Waals surface area contributed by atoms with Crippen molar-refractivity contribution in [3.8, 4) is 28.1 Å². The first kappa shape index (κ1) is 41.9. The van der Waals surface area contributed by atoms with Crippen LogP contribution in [0.2, 0.25) is 0 Å². The second-order valence-electron chi connectivity index (χ2n) is 17.0. The highest BCUT2D eigenvalue weighted by Crippen LogP contribution is 2.40. The molecule has 0 unspecified atom stereocenters. The normalized spacial score (nSPS) is 19.0. The molecule has 2 aromatic carbocycles. The van der Waals surface area contributed by atoms with E-state index in [-0.39, 0.29) is 40.7 Å². The molecule has 310 valence electrons. The van der Waals surface area contributed by atoms with E-state index in [1.54, 1.807) is 56.1 Å². The number of anilines is 2. The molecule has 16 heteroatoms. The van der Waals surface area contributed by atoms with E-state index in [4.69, 9.17) is 4.74 Å². The van der Waals surface area contributed by atoms with Gasteiger partial charge in [0.05, 0.1) is 35.4 Å². The number of likely N-dealkylation sites (tertiary alicyclic amines) is 1. The van der Waals surface area contributed by atoms with Gasteiger partial charge in [0.25, 0.3) is 5.91 Å². The average Bonchev–Trinajstić information content (AvgIpc) is 3.78. The minimum atomic E-state index is -5.26. The molecule has 0 radical (unpaired) electrons. The van der Waals surface area contributed by atoms with Crippen LogP contribution in [0.15, 0.2) is 60.9 Å². The Labute approximate surface area is 334 Å². The first-order valence-electron chi connectivity index (χ1n) is 19.1. The van der Waals surface area contributed by atoms with Crippen LogP contribution < -0.4 is 15.0 Å². The van der Waals surface area contributed by atoms with Gasteiger partial charge in [0.2, 0.25) is 5.91 Å². The van der Waals surface area contributed by atoms with Crippen molar-refractivity contribution in [3.05, 3.63) is 78.1 Å². The number of nitrogens with zero attached hydrogens (tertiary/aromatic N) is 5. The molecule has 0 spiro atoms. The van der Waals surface area contributed by atoms with E-state index in [2.05, 4.69) is 25.0 Å². The molecule has 2 N–H and O–H groups in total. The lowest BCUT2D eigenvalue weighted by atomic mass is 9.94. The highest BCUT2D eigenvalue weighted by atomic mass is 19.4. The number of nitrogens with one attached hydrogen (secondary N) is 2. The molecular formula is C42H49F4N7O5. The molecule has 0 saturated carbocycles. The first-order chi connectivity index (χ1) is 27.1. The molecule has 2 saturated heterocycles. The number of hydrogen-bond donors (Lipinski definition) is 2. The van der Waals surface area contributed by atoms with Gasteiger partial charge < -0.3 is 29.6 Å². The number of halogens is 4. The van der Waals surface area contributed by atoms with Crippen LogP contribution >= 0.6 is 0 Å². The minimum Gasteiger partial charge on any atom is -0.444 e. The number of piperazine rings is 1. The van der Waals surface area contributed by atoms with Crippen molar-refractivity contribution in [3.63, 3.8) is 0 Å². The van der Waals surface area contributed by atoms with Crippen molar-refractivity contribution >= 4 is 29.4 Å². The lowest BCUT2D eigenvalue weighted by molar-refractivity contribution is -0.275. The van der Waals surface area contributed by atoms with E-state index in [0.29, 0.717) is 55.5 Å². The monoisotopic (exact) mass is 807 g/mol. The summed E-state index contributed by atoms with van der Waals surface area (Å²) in [6.45, 7) is 17.2. The van der Waals surface area contributed by atoms with Crippen LogP contribution in [0.3, 0.4) is 0 Å². The Bertz CT molecular complexity index is 2140. The summed E-state index contributed by atoms with van der Waals surface area (Å²) in [5, 5.41) is 2.51. The van der Waals surface area contributed by atoms with Crippen molar-refractivity contribution in [2.45, 2.75) is 85.9 Å². The molecule has 6 rings (SSSR count). The number of benzene rings is 2. The number of hydrogen-bond acceptors (Lipinski definition) is 8. The molecule has 4 aromatic rings. The van der Waals surface area contributed by atoms with Crippen molar-refractivity contribution in [2.24, 2.45) is 11.3 Å². The zero-order chi connectivity index (χ0) is 42.3. The molecule has 3 amide bonds. The van der Waals surface area contributed by atoms with Crippen LogP contribution in [-0.2, 0) is 9.53 Å². The highest BCUT2D eigenvalue weighted by molar-refractivity contribution is 6.05. The van der Waals surface area contributed by atoms with Gasteiger partial charge in [0, 0.05) is 43.2 Å². The van der Waals surface area contributed by atoms with Crippen LogP contribution in [-0.4, -0.2) is 86.8 Å². The molecule has 0 bridgehead atoms. The molecule has 4 heterocycles. The van der Waals surface area contributed by atoms with Gasteiger partial charge in [-0.25, -0.2) is 19.2 Å². The van der Waals surface area contributed by atoms with Crippen molar-refractivity contribution in [1.29, 1.82) is 0 Å². The maximum atomic E-state index is 15.9. The van der Waals surface area contributed by atoms with Crippen LogP contribution in [0, 0.1) is 17.2 Å². The highest BCUT2D eigenvalue weighted by Gasteiger charge is 2.39. The lowest BCUT2D eigenvalue weighted by Gasteiger charge is -2.42. The minimum absolute atomic E-state index is 0.0356. The summed E-state index contributed by atoms with van der Waals surface area (Å²) >= 11 is 0. The number of carbonyl (C=O) groups is 3. The maximum Gasteiger partial charge on any atom is 0.573 e. The van der Waals surface area contributed by atoms with Gasteiger partial charge in [-0.3, -0.25) is 14.5 Å². The largest absolute Gasteiger partial charge is 0.573 e. The SMILES string of the molecule is C[C@H]1C[C@@H](c2ncc(-c3ccc(-c4ccc(C(=O)Nc5ccc(N6CCN(C(=O)C(C)(C)C)C[C@H]6C)nc5)c(F)c4OC(F)(F)F)cc3)[nH]2)N(C(=O)OC(C)(C)C)C1. The standard InChI is InChI=1S/C42H49F4N7O5/c1-24-19-32(53(22-24)39(56)58-41(6,7)8)36-48-21-31(50-36)27-11-9-26(10-12-27)29-14-15-30(34(43)35(29)57-42(44,45)46)37(54)49-28-13-16-33(47-20-28)52-18-17-51(23-25(52)2)38(55)40(3,4)5/h9-16,20-21,24-25,32H,17-19,22-23H2,1-8H3,(H,48,50)(H,49,54)/t24-,25+,32-/m0/s1. The second kappa shape index (κ2) is 15.9. The smallest absolute Gasteiger partial charge is 0.444 e. The summed E-state index contributed by atoms with van der Waals surface area (Å²) in [4.78, 5) is 56.7. The van der Waals surface area contributed by atoms with Gasteiger partial charge in [-0.2, -0.15) is 0 Å². The third kappa shape index (κ3) is 9.54. The number of aromatic amines is 1. The van der Waals surface area contributed by atoms with Gasteiger partial charge in [0.15, 0.2) is 11.6 Å². The number of H-pyrrole nitrogens is 1. The van der Waals surface area contributed by atoms with Crippen molar-refractivity contribution < 1.29 is 41.4 Å². The summed E-state index contributed by atoms with van der Waals surface area (Å²) in [5.74, 6) is -2.18. The van der Waals surface area contributed by atoms with Crippen molar-refractivity contribution in [1.82, 2.24) is 24.8 Å². The summed E-state index contributed by atoms with van der Waals surface area (Å²) in [5.41, 5.74) is -0.411. The number of ether oxygens (including phenoxy) is 2. The molecule has 2 aliphatic rings. The van der Waals surface area contributed by atoms with Crippen LogP contribution in [0.1, 0.15) is 84.0 Å². The fraction of sp³-hybridized carbons (Fsp3) is 0.452. The Morgan fingerprint density at radius 2 is 1.55 bits per heavy atom. The van der Waals surface area contributed by atoms with Gasteiger partial charge in [-0.1, -0.05) is 52.0 Å². The number of amides is 3. The molecule has 58 heavy (non-hydrogen) atoms. The summed E-state index contributed by atoms with van der Waals surface area (Å²) < 4.78 is 66.7. The molecular weight excluding hydrogens is 758 g/mol. The Morgan fingerprint density at radius 1 is 0.862 bits per heavy atom. The van der Waals surface area contributed by atoms with Gasteiger partial charge in [-0.15, -0.1) is 13.2 Å². The number of imidazole rings is 1. The van der Waals surface area contributed by atoms with E-state index in [9.17, 15) is 27.6 Å². The first-order valence-corrected chi connectivity index (χ1v) is 19.1. The fourth-order valence-corrected chi connectivity index (χ4v) is 7.27. The number of pyridine rings is 1. The molecule has 0 aliphatic carbocycles. The fourth-order valence-electron chi connectivity index (χ4n) is 7.27. The predicted molar refractivity (Wildman–Crippen MR) is 211 cm³/mol. The predicted octanol–water partition coefficient (Wildman–Crippen LogP) is 8.83. The maximum absolute atomic E-state index is 15.9. The molecule has 2 aliphatic heterocycles. The van der Waals surface area contributed by atoms with Gasteiger partial charge >= 0.3 is 12.5 Å².